The van der Waals surface area contributed by atoms with Crippen LogP contribution in [0.4, 0.5) is 0 Å². The van der Waals surface area contributed by atoms with Crippen molar-refractivity contribution in [1.29, 1.82) is 0 Å². The molecule has 3 rings (SSSR count). The molecule has 0 atom stereocenters. The predicted molar refractivity (Wildman–Crippen MR) is 84.2 cm³/mol. The van der Waals surface area contributed by atoms with Crippen molar-refractivity contribution >= 4 is 11.6 Å². The smallest absolute Gasteiger partial charge is 0.232 e. The minimum absolute atomic E-state index is 0.534. The number of ether oxygens (including phenoxy) is 3. The van der Waals surface area contributed by atoms with Gasteiger partial charge in [-0.15, -0.1) is 5.10 Å². The van der Waals surface area contributed by atoms with E-state index in [1.165, 1.54) is 0 Å². The minimum atomic E-state index is 0.534. The van der Waals surface area contributed by atoms with Crippen molar-refractivity contribution in [3.05, 3.63) is 34.5 Å². The first-order valence-electron chi connectivity index (χ1n) is 7.35. The third-order valence-electron chi connectivity index (χ3n) is 3.59. The molecule has 1 aromatic heterocycles. The second kappa shape index (κ2) is 6.48. The molecule has 0 spiro atoms. The second-order valence-electron chi connectivity index (χ2n) is 5.30. The fourth-order valence-corrected chi connectivity index (χ4v) is 2.59. The zero-order chi connectivity index (χ0) is 15.5. The van der Waals surface area contributed by atoms with Crippen molar-refractivity contribution in [1.82, 2.24) is 9.78 Å². The number of aryl methyl sites for hydroxylation is 2. The molecule has 0 amide bonds. The number of halogens is 1. The normalized spacial score (nSPS) is 13.8. The molecule has 0 fully saturated rings. The van der Waals surface area contributed by atoms with E-state index >= 15 is 0 Å². The van der Waals surface area contributed by atoms with Crippen LogP contribution >= 0.6 is 11.6 Å². The molecule has 0 saturated heterocycles. The number of rotatable bonds is 4. The molecule has 0 saturated carbocycles. The molecule has 118 valence electrons. The van der Waals surface area contributed by atoms with Crippen LogP contribution in [0.5, 0.6) is 17.4 Å². The molecule has 1 aliphatic rings. The summed E-state index contributed by atoms with van der Waals surface area (Å²) < 4.78 is 18.8. The molecule has 22 heavy (non-hydrogen) atoms. The number of hydrogen-bond acceptors (Lipinski definition) is 4. The van der Waals surface area contributed by atoms with E-state index in [1.807, 2.05) is 32.2 Å². The van der Waals surface area contributed by atoms with E-state index < -0.39 is 0 Å². The van der Waals surface area contributed by atoms with Gasteiger partial charge in [0, 0.05) is 31.6 Å². The molecule has 2 aromatic rings. The van der Waals surface area contributed by atoms with Gasteiger partial charge in [-0.05, 0) is 24.6 Å². The van der Waals surface area contributed by atoms with Crippen molar-refractivity contribution in [2.75, 3.05) is 19.8 Å². The molecule has 0 N–H and O–H groups in total. The summed E-state index contributed by atoms with van der Waals surface area (Å²) in [6.45, 7) is 3.81. The van der Waals surface area contributed by atoms with E-state index in [9.17, 15) is 0 Å². The van der Waals surface area contributed by atoms with Gasteiger partial charge in [-0.3, -0.25) is 4.68 Å². The van der Waals surface area contributed by atoms with Gasteiger partial charge in [0.25, 0.3) is 0 Å². The Balaban J connectivity index is 1.65. The van der Waals surface area contributed by atoms with Gasteiger partial charge >= 0.3 is 0 Å². The number of nitrogens with zero attached hydrogens (tertiary/aromatic N) is 2. The lowest BCUT2D eigenvalue weighted by atomic mass is 10.1. The number of hydrogen-bond donors (Lipinski definition) is 0. The Morgan fingerprint density at radius 1 is 1.27 bits per heavy atom. The summed E-state index contributed by atoms with van der Waals surface area (Å²) in [7, 11) is 1.89. The number of aromatic nitrogens is 2. The summed E-state index contributed by atoms with van der Waals surface area (Å²) in [5.41, 5.74) is 2.12. The van der Waals surface area contributed by atoms with E-state index in [-0.39, 0.29) is 0 Å². The van der Waals surface area contributed by atoms with Crippen LogP contribution < -0.4 is 14.2 Å². The average molecular weight is 323 g/mol. The SMILES string of the molecule is Cc1cc(OCCc2cc(Cl)c3c(c2)OCCCO3)nn1C. The highest BCUT2D eigenvalue weighted by Gasteiger charge is 2.15. The van der Waals surface area contributed by atoms with Gasteiger partial charge in [0.2, 0.25) is 5.88 Å². The van der Waals surface area contributed by atoms with Crippen molar-refractivity contribution in [2.45, 2.75) is 19.8 Å². The molecule has 0 bridgehead atoms. The lowest BCUT2D eigenvalue weighted by Gasteiger charge is -2.11. The fraction of sp³-hybridized carbons (Fsp3) is 0.438. The van der Waals surface area contributed by atoms with Crippen molar-refractivity contribution in [3.63, 3.8) is 0 Å². The van der Waals surface area contributed by atoms with Crippen LogP contribution in [0.25, 0.3) is 0 Å². The third-order valence-corrected chi connectivity index (χ3v) is 3.87. The maximum absolute atomic E-state index is 6.28. The quantitative estimate of drug-likeness (QED) is 0.867. The highest BCUT2D eigenvalue weighted by atomic mass is 35.5. The Morgan fingerprint density at radius 3 is 2.86 bits per heavy atom. The Bertz CT molecular complexity index is 650. The lowest BCUT2D eigenvalue weighted by Crippen LogP contribution is -2.03. The second-order valence-corrected chi connectivity index (χ2v) is 5.71. The van der Waals surface area contributed by atoms with Gasteiger partial charge < -0.3 is 14.2 Å². The van der Waals surface area contributed by atoms with Gasteiger partial charge in [0.05, 0.1) is 24.8 Å². The lowest BCUT2D eigenvalue weighted by molar-refractivity contribution is 0.296. The topological polar surface area (TPSA) is 45.5 Å². The Morgan fingerprint density at radius 2 is 2.09 bits per heavy atom. The molecule has 1 aliphatic heterocycles. The van der Waals surface area contributed by atoms with E-state index in [1.54, 1.807) is 4.68 Å². The Labute approximate surface area is 134 Å². The first kappa shape index (κ1) is 15.0. The zero-order valence-electron chi connectivity index (χ0n) is 12.8. The molecular formula is C16H19ClN2O3. The van der Waals surface area contributed by atoms with E-state index in [4.69, 9.17) is 25.8 Å². The molecule has 6 heteroatoms. The van der Waals surface area contributed by atoms with Gasteiger partial charge in [-0.25, -0.2) is 0 Å². The number of fused-ring (bicyclic) bond motifs is 1. The summed E-state index contributed by atoms with van der Waals surface area (Å²) in [6.07, 6.45) is 1.59. The molecule has 0 aliphatic carbocycles. The zero-order valence-corrected chi connectivity index (χ0v) is 13.5. The first-order chi connectivity index (χ1) is 10.6. The fourth-order valence-electron chi connectivity index (χ4n) is 2.30. The molecule has 0 unspecified atom stereocenters. The largest absolute Gasteiger partial charge is 0.489 e. The summed E-state index contributed by atoms with van der Waals surface area (Å²) >= 11 is 6.28. The summed E-state index contributed by atoms with van der Waals surface area (Å²) in [5, 5.41) is 4.85. The van der Waals surface area contributed by atoms with Crippen LogP contribution in [0.1, 0.15) is 17.7 Å². The van der Waals surface area contributed by atoms with Gasteiger partial charge in [0.1, 0.15) is 0 Å². The van der Waals surface area contributed by atoms with E-state index in [2.05, 4.69) is 5.10 Å². The van der Waals surface area contributed by atoms with Crippen molar-refractivity contribution in [2.24, 2.45) is 7.05 Å². The first-order valence-corrected chi connectivity index (χ1v) is 7.73. The third kappa shape index (κ3) is 3.30. The van der Waals surface area contributed by atoms with Crippen LogP contribution in [-0.4, -0.2) is 29.6 Å². The summed E-state index contributed by atoms with van der Waals surface area (Å²) in [4.78, 5) is 0. The summed E-state index contributed by atoms with van der Waals surface area (Å²) in [6, 6.07) is 5.79. The minimum Gasteiger partial charge on any atom is -0.489 e. The average Bonchev–Trinajstić information content (AvgIpc) is 2.68. The molecule has 1 aromatic carbocycles. The van der Waals surface area contributed by atoms with Crippen LogP contribution in [-0.2, 0) is 13.5 Å². The van der Waals surface area contributed by atoms with Crippen LogP contribution in [0.15, 0.2) is 18.2 Å². The molecular weight excluding hydrogens is 304 g/mol. The van der Waals surface area contributed by atoms with E-state index in [0.717, 1.165) is 24.1 Å². The summed E-state index contributed by atoms with van der Waals surface area (Å²) in [5.74, 6) is 2.00. The standard InChI is InChI=1S/C16H19ClN2O3/c1-11-8-15(18-19(11)2)21-7-4-12-9-13(17)16-14(10-12)20-5-3-6-22-16/h8-10H,3-7H2,1-2H3. The maximum Gasteiger partial charge on any atom is 0.232 e. The molecule has 2 heterocycles. The van der Waals surface area contributed by atoms with Gasteiger partial charge in [0.15, 0.2) is 11.5 Å². The van der Waals surface area contributed by atoms with Crippen molar-refractivity contribution < 1.29 is 14.2 Å². The van der Waals surface area contributed by atoms with E-state index in [0.29, 0.717) is 42.2 Å². The Kier molecular flexibility index (Phi) is 4.43. The van der Waals surface area contributed by atoms with Crippen LogP contribution in [0.3, 0.4) is 0 Å². The van der Waals surface area contributed by atoms with Crippen molar-refractivity contribution in [3.8, 4) is 17.4 Å². The van der Waals surface area contributed by atoms with Gasteiger partial charge in [-0.2, -0.15) is 0 Å². The highest BCUT2D eigenvalue weighted by Crippen LogP contribution is 2.38. The Hall–Kier alpha value is -1.88. The van der Waals surface area contributed by atoms with Crippen LogP contribution in [0, 0.1) is 6.92 Å². The van der Waals surface area contributed by atoms with Gasteiger partial charge in [-0.1, -0.05) is 11.6 Å². The molecule has 5 nitrogen and oxygen atoms in total. The maximum atomic E-state index is 6.28. The number of benzene rings is 1. The monoisotopic (exact) mass is 322 g/mol. The van der Waals surface area contributed by atoms with Crippen LogP contribution in [0.2, 0.25) is 5.02 Å². The highest BCUT2D eigenvalue weighted by molar-refractivity contribution is 6.32. The molecule has 0 radical (unpaired) electrons. The predicted octanol–water partition coefficient (Wildman–Crippen LogP) is 3.16.